The Morgan fingerprint density at radius 2 is 2.06 bits per heavy atom. The van der Waals surface area contributed by atoms with Crippen LogP contribution in [0.2, 0.25) is 5.02 Å². The summed E-state index contributed by atoms with van der Waals surface area (Å²) in [5.41, 5.74) is 1.45. The van der Waals surface area contributed by atoms with Crippen molar-refractivity contribution in [3.8, 4) is 0 Å². The summed E-state index contributed by atoms with van der Waals surface area (Å²) < 4.78 is 10.8. The predicted molar refractivity (Wildman–Crippen MR) is 70.4 cm³/mol. The average Bonchev–Trinajstić information content (AvgIpc) is 2.41. The lowest BCUT2D eigenvalue weighted by atomic mass is 10.1. The van der Waals surface area contributed by atoms with Crippen LogP contribution in [0.1, 0.15) is 18.4 Å². The first-order chi connectivity index (χ1) is 8.79. The van der Waals surface area contributed by atoms with E-state index in [-0.39, 0.29) is 6.29 Å². The van der Waals surface area contributed by atoms with E-state index in [0.717, 1.165) is 18.3 Å². The third kappa shape index (κ3) is 3.67. The average molecular weight is 267 g/mol. The highest BCUT2D eigenvalue weighted by Crippen LogP contribution is 2.20. The van der Waals surface area contributed by atoms with Gasteiger partial charge in [-0.15, -0.1) is 0 Å². The Hall–Kier alpha value is -1.16. The predicted octanol–water partition coefficient (Wildman–Crippen LogP) is 3.08. The molecule has 1 aliphatic rings. The first-order valence-electron chi connectivity index (χ1n) is 5.93. The summed E-state index contributed by atoms with van der Waals surface area (Å²) in [6, 6.07) is 7.40. The van der Waals surface area contributed by atoms with Gasteiger partial charge in [0.05, 0.1) is 13.2 Å². The lowest BCUT2D eigenvalue weighted by molar-refractivity contribution is -0.176. The Balaban J connectivity index is 2.08. The molecule has 0 aliphatic carbocycles. The first-order valence-corrected chi connectivity index (χ1v) is 6.31. The topological polar surface area (TPSA) is 35.5 Å². The second kappa shape index (κ2) is 6.69. The molecule has 1 fully saturated rings. The van der Waals surface area contributed by atoms with Gasteiger partial charge in [0.2, 0.25) is 0 Å². The van der Waals surface area contributed by atoms with Gasteiger partial charge < -0.3 is 9.47 Å². The first kappa shape index (κ1) is 13.3. The Labute approximate surface area is 111 Å². The fraction of sp³-hybridized carbons (Fsp3) is 0.357. The monoisotopic (exact) mass is 266 g/mol. The van der Waals surface area contributed by atoms with Gasteiger partial charge in [0, 0.05) is 11.4 Å². The van der Waals surface area contributed by atoms with E-state index in [0.29, 0.717) is 30.2 Å². The Morgan fingerprint density at radius 1 is 1.33 bits per heavy atom. The molecule has 0 unspecified atom stereocenters. The summed E-state index contributed by atoms with van der Waals surface area (Å²) >= 11 is 6.05. The summed E-state index contributed by atoms with van der Waals surface area (Å²) in [6.07, 6.45) is 3.63. The number of rotatable bonds is 4. The molecule has 0 N–H and O–H groups in total. The molecule has 0 radical (unpaired) electrons. The van der Waals surface area contributed by atoms with Crippen LogP contribution in [0, 0.1) is 0 Å². The molecule has 1 heterocycles. The number of carbonyl (C=O) groups excluding carboxylic acids is 1. The van der Waals surface area contributed by atoms with Crippen molar-refractivity contribution >= 4 is 24.0 Å². The second-order valence-electron chi connectivity index (χ2n) is 4.09. The lowest BCUT2D eigenvalue weighted by Crippen LogP contribution is -2.25. The maximum absolute atomic E-state index is 11.1. The zero-order valence-electron chi connectivity index (χ0n) is 9.97. The van der Waals surface area contributed by atoms with E-state index in [1.807, 2.05) is 18.2 Å². The number of ether oxygens (including phenoxy) is 2. The second-order valence-corrected chi connectivity index (χ2v) is 4.49. The zero-order chi connectivity index (χ0) is 12.8. The highest BCUT2D eigenvalue weighted by Gasteiger charge is 2.15. The molecule has 1 saturated heterocycles. The molecule has 96 valence electrons. The standard InChI is InChI=1S/C14H15ClO3/c15-13-5-2-1-4-12(13)8-11(10-16)9-14-17-6-3-7-18-14/h1-2,4-5,8,10,14H,3,6-7,9H2/b11-8-. The molecule has 3 nitrogen and oxygen atoms in total. The number of hydrogen-bond acceptors (Lipinski definition) is 3. The highest BCUT2D eigenvalue weighted by atomic mass is 35.5. The Kier molecular flexibility index (Phi) is 4.93. The van der Waals surface area contributed by atoms with Crippen LogP contribution in [0.25, 0.3) is 6.08 Å². The fourth-order valence-corrected chi connectivity index (χ4v) is 1.97. The van der Waals surface area contributed by atoms with E-state index in [1.165, 1.54) is 0 Å². The molecule has 0 atom stereocenters. The molecular formula is C14H15ClO3. The van der Waals surface area contributed by atoms with Gasteiger partial charge in [0.15, 0.2) is 6.29 Å². The molecular weight excluding hydrogens is 252 g/mol. The van der Waals surface area contributed by atoms with Crippen molar-refractivity contribution in [2.24, 2.45) is 0 Å². The maximum atomic E-state index is 11.1. The highest BCUT2D eigenvalue weighted by molar-refractivity contribution is 6.32. The van der Waals surface area contributed by atoms with Crippen LogP contribution >= 0.6 is 11.6 Å². The van der Waals surface area contributed by atoms with Gasteiger partial charge in [-0.2, -0.15) is 0 Å². The van der Waals surface area contributed by atoms with Gasteiger partial charge in [-0.1, -0.05) is 29.8 Å². The molecule has 1 aliphatic heterocycles. The van der Waals surface area contributed by atoms with Gasteiger partial charge >= 0.3 is 0 Å². The molecule has 18 heavy (non-hydrogen) atoms. The van der Waals surface area contributed by atoms with Gasteiger partial charge in [0.25, 0.3) is 0 Å². The molecule has 1 aromatic carbocycles. The normalized spacial score (nSPS) is 17.7. The van der Waals surface area contributed by atoms with Crippen LogP contribution in [0.5, 0.6) is 0 Å². The number of hydrogen-bond donors (Lipinski definition) is 0. The van der Waals surface area contributed by atoms with Crippen molar-refractivity contribution < 1.29 is 14.3 Å². The van der Waals surface area contributed by atoms with E-state index in [1.54, 1.807) is 12.1 Å². The third-order valence-corrected chi connectivity index (χ3v) is 3.04. The van der Waals surface area contributed by atoms with Crippen molar-refractivity contribution in [2.45, 2.75) is 19.1 Å². The van der Waals surface area contributed by atoms with Gasteiger partial charge in [0.1, 0.15) is 6.29 Å². The summed E-state index contributed by atoms with van der Waals surface area (Å²) in [4.78, 5) is 11.1. The Morgan fingerprint density at radius 3 is 2.72 bits per heavy atom. The van der Waals surface area contributed by atoms with Crippen molar-refractivity contribution in [2.75, 3.05) is 13.2 Å². The molecule has 2 rings (SSSR count). The summed E-state index contributed by atoms with van der Waals surface area (Å²) in [5, 5.41) is 0.627. The minimum atomic E-state index is -0.322. The van der Waals surface area contributed by atoms with E-state index < -0.39 is 0 Å². The van der Waals surface area contributed by atoms with Crippen molar-refractivity contribution in [3.63, 3.8) is 0 Å². The smallest absolute Gasteiger partial charge is 0.161 e. The van der Waals surface area contributed by atoms with Crippen LogP contribution in [-0.4, -0.2) is 25.8 Å². The zero-order valence-corrected chi connectivity index (χ0v) is 10.7. The van der Waals surface area contributed by atoms with Crippen molar-refractivity contribution in [1.82, 2.24) is 0 Å². The molecule has 0 saturated carbocycles. The van der Waals surface area contributed by atoms with E-state index in [4.69, 9.17) is 21.1 Å². The number of halogens is 1. The van der Waals surface area contributed by atoms with Crippen LogP contribution in [0.15, 0.2) is 29.8 Å². The summed E-state index contributed by atoms with van der Waals surface area (Å²) in [6.45, 7) is 1.37. The minimum Gasteiger partial charge on any atom is -0.352 e. The van der Waals surface area contributed by atoms with Crippen LogP contribution < -0.4 is 0 Å². The van der Waals surface area contributed by atoms with Crippen LogP contribution in [0.4, 0.5) is 0 Å². The minimum absolute atomic E-state index is 0.322. The van der Waals surface area contributed by atoms with E-state index in [2.05, 4.69) is 0 Å². The number of aldehydes is 1. The molecule has 1 aromatic rings. The number of benzene rings is 1. The molecule has 4 heteroatoms. The SMILES string of the molecule is O=C/C(=C\c1ccccc1Cl)CC1OCCCO1. The van der Waals surface area contributed by atoms with Gasteiger partial charge in [-0.3, -0.25) is 4.79 Å². The summed E-state index contributed by atoms with van der Waals surface area (Å²) in [7, 11) is 0. The third-order valence-electron chi connectivity index (χ3n) is 2.70. The van der Waals surface area contributed by atoms with Crippen molar-refractivity contribution in [3.05, 3.63) is 40.4 Å². The molecule has 0 aromatic heterocycles. The van der Waals surface area contributed by atoms with E-state index >= 15 is 0 Å². The Bertz CT molecular complexity index is 436. The van der Waals surface area contributed by atoms with Crippen LogP contribution in [-0.2, 0) is 14.3 Å². The van der Waals surface area contributed by atoms with Gasteiger partial charge in [-0.05, 0) is 29.7 Å². The summed E-state index contributed by atoms with van der Waals surface area (Å²) in [5.74, 6) is 0. The molecule has 0 amide bonds. The quantitative estimate of drug-likeness (QED) is 0.621. The fourth-order valence-electron chi connectivity index (χ4n) is 1.78. The van der Waals surface area contributed by atoms with E-state index in [9.17, 15) is 4.79 Å². The molecule has 0 bridgehead atoms. The van der Waals surface area contributed by atoms with Crippen LogP contribution in [0.3, 0.4) is 0 Å². The molecule has 0 spiro atoms. The number of carbonyl (C=O) groups is 1. The van der Waals surface area contributed by atoms with Gasteiger partial charge in [-0.25, -0.2) is 0 Å². The largest absolute Gasteiger partial charge is 0.352 e. The lowest BCUT2D eigenvalue weighted by Gasteiger charge is -2.23. The van der Waals surface area contributed by atoms with Crippen molar-refractivity contribution in [1.29, 1.82) is 0 Å². The maximum Gasteiger partial charge on any atom is 0.161 e.